The van der Waals surface area contributed by atoms with Gasteiger partial charge < -0.3 is 14.7 Å². The molecule has 1 unspecified atom stereocenters. The van der Waals surface area contributed by atoms with Crippen LogP contribution in [0.25, 0.3) is 0 Å². The molecule has 2 aromatic carbocycles. The molecule has 0 radical (unpaired) electrons. The fraction of sp³-hybridized carbons (Fsp3) is 0.435. The van der Waals surface area contributed by atoms with E-state index in [0.717, 1.165) is 5.56 Å². The molecule has 0 spiro atoms. The third-order valence-electron chi connectivity index (χ3n) is 5.21. The predicted octanol–water partition coefficient (Wildman–Crippen LogP) is 3.15. The highest BCUT2D eigenvalue weighted by atomic mass is 19.1. The van der Waals surface area contributed by atoms with E-state index in [1.165, 1.54) is 17.7 Å². The second-order valence-corrected chi connectivity index (χ2v) is 7.79. The molecular weight excluding hydrogens is 371 g/mol. The smallest absolute Gasteiger partial charge is 0.253 e. The first-order valence-corrected chi connectivity index (χ1v) is 10.1. The maximum atomic E-state index is 12.9. The molecule has 0 saturated carbocycles. The molecule has 0 aliphatic carbocycles. The Morgan fingerprint density at radius 2 is 1.66 bits per heavy atom. The molecule has 1 amide bonds. The Hall–Kier alpha value is -2.44. The molecule has 1 saturated heterocycles. The second kappa shape index (κ2) is 9.85. The lowest BCUT2D eigenvalue weighted by Crippen LogP contribution is -2.50. The largest absolute Gasteiger partial charge is 0.491 e. The maximum absolute atomic E-state index is 12.9. The lowest BCUT2D eigenvalue weighted by Gasteiger charge is -2.35. The van der Waals surface area contributed by atoms with Gasteiger partial charge in [-0.3, -0.25) is 9.69 Å². The van der Waals surface area contributed by atoms with Crippen molar-refractivity contribution in [2.24, 2.45) is 0 Å². The average Bonchev–Trinajstić information content (AvgIpc) is 2.73. The lowest BCUT2D eigenvalue weighted by molar-refractivity contribution is 0.0403. The van der Waals surface area contributed by atoms with Gasteiger partial charge in [0, 0.05) is 38.3 Å². The van der Waals surface area contributed by atoms with Crippen LogP contribution in [0, 0.1) is 5.82 Å². The van der Waals surface area contributed by atoms with Gasteiger partial charge in [0.1, 0.15) is 24.3 Å². The quantitative estimate of drug-likeness (QED) is 0.776. The van der Waals surface area contributed by atoms with Crippen LogP contribution in [-0.4, -0.2) is 66.2 Å². The first-order chi connectivity index (χ1) is 13.9. The number of nitrogens with zero attached hydrogens (tertiary/aromatic N) is 2. The summed E-state index contributed by atoms with van der Waals surface area (Å²) >= 11 is 0. The Morgan fingerprint density at radius 1 is 1.03 bits per heavy atom. The molecule has 5 nitrogen and oxygen atoms in total. The Labute approximate surface area is 171 Å². The molecule has 6 heteroatoms. The van der Waals surface area contributed by atoms with Crippen molar-refractivity contribution in [3.63, 3.8) is 0 Å². The van der Waals surface area contributed by atoms with Crippen molar-refractivity contribution in [3.8, 4) is 5.75 Å². The van der Waals surface area contributed by atoms with Crippen molar-refractivity contribution in [1.29, 1.82) is 0 Å². The summed E-state index contributed by atoms with van der Waals surface area (Å²) in [6.07, 6.45) is -0.647. The second-order valence-electron chi connectivity index (χ2n) is 7.79. The van der Waals surface area contributed by atoms with Crippen LogP contribution in [0.5, 0.6) is 5.75 Å². The van der Waals surface area contributed by atoms with Crippen LogP contribution in [0.15, 0.2) is 48.5 Å². The Kier molecular flexibility index (Phi) is 7.23. The minimum Gasteiger partial charge on any atom is -0.491 e. The van der Waals surface area contributed by atoms with E-state index in [1.807, 2.05) is 29.2 Å². The standard InChI is InChI=1S/C23H29FN2O3/c1-17(2)18-3-5-19(6-4-18)23(28)26-13-11-25(12-14-26)15-21(27)16-29-22-9-7-20(24)8-10-22/h3-10,17,21,27H,11-16H2,1-2H3. The Balaban J connectivity index is 1.42. The molecule has 156 valence electrons. The molecule has 1 aliphatic heterocycles. The normalized spacial score (nSPS) is 16.1. The Bertz CT molecular complexity index is 785. The number of β-amino-alcohol motifs (C(OH)–C–C–N with tert-alkyl or cyclic N) is 1. The number of aliphatic hydroxyl groups excluding tert-OH is 1. The molecule has 3 rings (SSSR count). The van der Waals surface area contributed by atoms with Crippen LogP contribution >= 0.6 is 0 Å². The van der Waals surface area contributed by atoms with Crippen molar-refractivity contribution in [2.45, 2.75) is 25.9 Å². The first kappa shape index (κ1) is 21.3. The Morgan fingerprint density at radius 3 is 2.24 bits per heavy atom. The zero-order valence-corrected chi connectivity index (χ0v) is 17.1. The molecule has 0 bridgehead atoms. The van der Waals surface area contributed by atoms with E-state index in [-0.39, 0.29) is 18.3 Å². The van der Waals surface area contributed by atoms with Gasteiger partial charge in [-0.2, -0.15) is 0 Å². The SMILES string of the molecule is CC(C)c1ccc(C(=O)N2CCN(CC(O)COc3ccc(F)cc3)CC2)cc1. The van der Waals surface area contributed by atoms with Gasteiger partial charge in [-0.1, -0.05) is 26.0 Å². The number of benzene rings is 2. The highest BCUT2D eigenvalue weighted by Crippen LogP contribution is 2.17. The molecule has 1 fully saturated rings. The number of rotatable bonds is 7. The van der Waals surface area contributed by atoms with E-state index in [1.54, 1.807) is 12.1 Å². The van der Waals surface area contributed by atoms with E-state index in [0.29, 0.717) is 44.4 Å². The number of carbonyl (C=O) groups is 1. The highest BCUT2D eigenvalue weighted by Gasteiger charge is 2.23. The fourth-order valence-corrected chi connectivity index (χ4v) is 3.40. The van der Waals surface area contributed by atoms with Gasteiger partial charge in [0.15, 0.2) is 0 Å². The van der Waals surface area contributed by atoms with Gasteiger partial charge >= 0.3 is 0 Å². The number of ether oxygens (including phenoxy) is 1. The number of halogens is 1. The van der Waals surface area contributed by atoms with Gasteiger partial charge in [0.25, 0.3) is 5.91 Å². The number of amides is 1. The number of aliphatic hydroxyl groups is 1. The molecule has 1 atom stereocenters. The molecule has 0 aromatic heterocycles. The van der Waals surface area contributed by atoms with Gasteiger partial charge in [-0.05, 0) is 47.9 Å². The number of hydrogen-bond acceptors (Lipinski definition) is 4. The summed E-state index contributed by atoms with van der Waals surface area (Å²) in [5.74, 6) is 0.715. The number of piperazine rings is 1. The lowest BCUT2D eigenvalue weighted by atomic mass is 10.0. The zero-order chi connectivity index (χ0) is 20.8. The minimum absolute atomic E-state index is 0.0557. The maximum Gasteiger partial charge on any atom is 0.253 e. The van der Waals surface area contributed by atoms with E-state index in [4.69, 9.17) is 4.74 Å². The van der Waals surface area contributed by atoms with E-state index in [9.17, 15) is 14.3 Å². The van der Waals surface area contributed by atoms with Crippen molar-refractivity contribution in [3.05, 3.63) is 65.5 Å². The summed E-state index contributed by atoms with van der Waals surface area (Å²) in [7, 11) is 0. The molecule has 1 heterocycles. The zero-order valence-electron chi connectivity index (χ0n) is 17.1. The van der Waals surface area contributed by atoms with Gasteiger partial charge in [0.05, 0.1) is 0 Å². The number of carbonyl (C=O) groups excluding carboxylic acids is 1. The monoisotopic (exact) mass is 400 g/mol. The van der Waals surface area contributed by atoms with Crippen molar-refractivity contribution in [2.75, 3.05) is 39.3 Å². The highest BCUT2D eigenvalue weighted by molar-refractivity contribution is 5.94. The van der Waals surface area contributed by atoms with E-state index < -0.39 is 6.10 Å². The summed E-state index contributed by atoms with van der Waals surface area (Å²) in [5.41, 5.74) is 1.94. The summed E-state index contributed by atoms with van der Waals surface area (Å²) in [6, 6.07) is 13.6. The fourth-order valence-electron chi connectivity index (χ4n) is 3.40. The van der Waals surface area contributed by atoms with Crippen LogP contribution in [-0.2, 0) is 0 Å². The van der Waals surface area contributed by atoms with Crippen molar-refractivity contribution < 1.29 is 19.0 Å². The van der Waals surface area contributed by atoms with E-state index >= 15 is 0 Å². The minimum atomic E-state index is -0.647. The summed E-state index contributed by atoms with van der Waals surface area (Å²) in [6.45, 7) is 7.59. The van der Waals surface area contributed by atoms with Gasteiger partial charge in [0.2, 0.25) is 0 Å². The van der Waals surface area contributed by atoms with Crippen molar-refractivity contribution >= 4 is 5.91 Å². The van der Waals surface area contributed by atoms with Crippen LogP contribution < -0.4 is 4.74 Å². The van der Waals surface area contributed by atoms with Crippen LogP contribution in [0.2, 0.25) is 0 Å². The molecule has 29 heavy (non-hydrogen) atoms. The molecule has 1 aliphatic rings. The predicted molar refractivity (Wildman–Crippen MR) is 111 cm³/mol. The van der Waals surface area contributed by atoms with Gasteiger partial charge in [-0.25, -0.2) is 4.39 Å². The first-order valence-electron chi connectivity index (χ1n) is 10.1. The van der Waals surface area contributed by atoms with E-state index in [2.05, 4.69) is 18.7 Å². The van der Waals surface area contributed by atoms with Crippen molar-refractivity contribution in [1.82, 2.24) is 9.80 Å². The topological polar surface area (TPSA) is 53.0 Å². The third kappa shape index (κ3) is 6.02. The van der Waals surface area contributed by atoms with Crippen LogP contribution in [0.1, 0.15) is 35.7 Å². The molecule has 2 aromatic rings. The molecule has 1 N–H and O–H groups in total. The third-order valence-corrected chi connectivity index (χ3v) is 5.21. The molecular formula is C23H29FN2O3. The number of hydrogen-bond donors (Lipinski definition) is 1. The van der Waals surface area contributed by atoms with Crippen LogP contribution in [0.3, 0.4) is 0 Å². The average molecular weight is 400 g/mol. The summed E-state index contributed by atoms with van der Waals surface area (Å²) < 4.78 is 18.4. The van der Waals surface area contributed by atoms with Crippen LogP contribution in [0.4, 0.5) is 4.39 Å². The summed E-state index contributed by atoms with van der Waals surface area (Å²) in [5, 5.41) is 10.2. The van der Waals surface area contributed by atoms with Gasteiger partial charge in [-0.15, -0.1) is 0 Å². The summed E-state index contributed by atoms with van der Waals surface area (Å²) in [4.78, 5) is 16.7.